The first-order valence-electron chi connectivity index (χ1n) is 3.90. The van der Waals surface area contributed by atoms with Gasteiger partial charge in [0.05, 0.1) is 0 Å². The third-order valence-electron chi connectivity index (χ3n) is 1.22. The second-order valence-electron chi connectivity index (χ2n) is 2.17. The van der Waals surface area contributed by atoms with Crippen LogP contribution in [0, 0.1) is 0 Å². The Labute approximate surface area is 68.2 Å². The molecule has 0 unspecified atom stereocenters. The maximum atomic E-state index is 4.80. The molecule has 0 aromatic rings. The van der Waals surface area contributed by atoms with Gasteiger partial charge in [-0.25, -0.2) is 0 Å². The Balaban J connectivity index is 0.000000187. The van der Waals surface area contributed by atoms with E-state index >= 15 is 0 Å². The van der Waals surface area contributed by atoms with E-state index in [2.05, 4.69) is 16.1 Å². The third kappa shape index (κ3) is 9.42. The number of nitrogens with one attached hydrogen (secondary N) is 3. The lowest BCUT2D eigenvalue weighted by atomic mass is 10.4. The highest BCUT2D eigenvalue weighted by Crippen LogP contribution is 1.65. The van der Waals surface area contributed by atoms with Gasteiger partial charge in [-0.2, -0.15) is 0 Å². The van der Waals surface area contributed by atoms with Gasteiger partial charge in [-0.3, -0.25) is 5.84 Å². The van der Waals surface area contributed by atoms with Gasteiger partial charge >= 0.3 is 0 Å². The predicted octanol–water partition coefficient (Wildman–Crippen LogP) is -0.837. The van der Waals surface area contributed by atoms with Crippen LogP contribution in [0.25, 0.3) is 0 Å². The summed E-state index contributed by atoms with van der Waals surface area (Å²) in [5.74, 6) is 4.80. The fraction of sp³-hybridized carbons (Fsp3) is 0.714. The van der Waals surface area contributed by atoms with Crippen LogP contribution in [0.1, 0.15) is 6.92 Å². The first kappa shape index (κ1) is 10.4. The molecule has 0 aliphatic carbocycles. The van der Waals surface area contributed by atoms with E-state index in [1.807, 2.05) is 13.0 Å². The lowest BCUT2D eigenvalue weighted by Crippen LogP contribution is -2.39. The monoisotopic (exact) mass is 158 g/mol. The highest BCUT2D eigenvalue weighted by atomic mass is 15.2. The van der Waals surface area contributed by atoms with Crippen molar-refractivity contribution in [2.75, 3.05) is 26.2 Å². The van der Waals surface area contributed by atoms with Gasteiger partial charge in [0.2, 0.25) is 0 Å². The van der Waals surface area contributed by atoms with Gasteiger partial charge in [0.1, 0.15) is 0 Å². The molecule has 0 amide bonds. The van der Waals surface area contributed by atoms with Crippen LogP contribution >= 0.6 is 0 Å². The quantitative estimate of drug-likeness (QED) is 0.297. The molecular formula is C7H18N4. The molecule has 0 atom stereocenters. The van der Waals surface area contributed by atoms with E-state index in [1.54, 1.807) is 6.20 Å². The highest BCUT2D eigenvalue weighted by Gasteiger charge is 1.91. The van der Waals surface area contributed by atoms with Gasteiger partial charge in [0.25, 0.3) is 0 Å². The Morgan fingerprint density at radius 1 is 1.18 bits per heavy atom. The number of rotatable bonds is 1. The second-order valence-corrected chi connectivity index (χ2v) is 2.17. The topological polar surface area (TPSA) is 62.1 Å². The minimum atomic E-state index is 1.14. The molecule has 1 aliphatic rings. The summed E-state index contributed by atoms with van der Waals surface area (Å²) in [6, 6.07) is 0. The van der Waals surface area contributed by atoms with Crippen LogP contribution in [-0.2, 0) is 0 Å². The zero-order chi connectivity index (χ0) is 8.36. The van der Waals surface area contributed by atoms with Crippen LogP contribution in [0.3, 0.4) is 0 Å². The van der Waals surface area contributed by atoms with Gasteiger partial charge in [-0.05, 0) is 6.92 Å². The summed E-state index contributed by atoms with van der Waals surface area (Å²) in [6.07, 6.45) is 3.47. The summed E-state index contributed by atoms with van der Waals surface area (Å²) in [6.45, 7) is 6.44. The van der Waals surface area contributed by atoms with Gasteiger partial charge in [0.15, 0.2) is 0 Å². The van der Waals surface area contributed by atoms with Crippen molar-refractivity contribution in [1.29, 1.82) is 0 Å². The summed E-state index contributed by atoms with van der Waals surface area (Å²) in [7, 11) is 0. The van der Waals surface area contributed by atoms with E-state index in [-0.39, 0.29) is 0 Å². The van der Waals surface area contributed by atoms with Crippen molar-refractivity contribution < 1.29 is 0 Å². The van der Waals surface area contributed by atoms with Gasteiger partial charge in [-0.15, -0.1) is 0 Å². The van der Waals surface area contributed by atoms with Gasteiger partial charge in [-0.1, -0.05) is 6.08 Å². The summed E-state index contributed by atoms with van der Waals surface area (Å²) in [4.78, 5) is 0. The molecule has 1 aliphatic heterocycles. The average Bonchev–Trinajstić information content (AvgIpc) is 2.10. The van der Waals surface area contributed by atoms with E-state index in [0.717, 1.165) is 26.2 Å². The molecule has 0 aromatic heterocycles. The SMILES string of the molecule is C1CNCCN1.CC=CNN. The van der Waals surface area contributed by atoms with Crippen LogP contribution < -0.4 is 21.9 Å². The number of allylic oxidation sites excluding steroid dienone is 1. The summed E-state index contributed by atoms with van der Waals surface area (Å²) in [5.41, 5.74) is 2.34. The second kappa shape index (κ2) is 9.42. The van der Waals surface area contributed by atoms with Crippen molar-refractivity contribution in [3.8, 4) is 0 Å². The molecule has 1 heterocycles. The van der Waals surface area contributed by atoms with Crippen molar-refractivity contribution in [3.63, 3.8) is 0 Å². The van der Waals surface area contributed by atoms with Gasteiger partial charge < -0.3 is 16.1 Å². The van der Waals surface area contributed by atoms with Crippen molar-refractivity contribution in [2.24, 2.45) is 5.84 Å². The third-order valence-corrected chi connectivity index (χ3v) is 1.22. The van der Waals surface area contributed by atoms with E-state index in [0.29, 0.717) is 0 Å². The van der Waals surface area contributed by atoms with Crippen molar-refractivity contribution in [2.45, 2.75) is 6.92 Å². The van der Waals surface area contributed by atoms with E-state index in [9.17, 15) is 0 Å². The Bertz CT molecular complexity index is 76.9. The van der Waals surface area contributed by atoms with Crippen molar-refractivity contribution in [3.05, 3.63) is 12.3 Å². The van der Waals surface area contributed by atoms with Crippen LogP contribution in [0.5, 0.6) is 0 Å². The minimum Gasteiger partial charge on any atom is -0.332 e. The molecule has 1 saturated heterocycles. The Morgan fingerprint density at radius 3 is 1.73 bits per heavy atom. The molecule has 4 heteroatoms. The molecule has 0 aromatic carbocycles. The Kier molecular flexibility index (Phi) is 8.92. The first-order valence-corrected chi connectivity index (χ1v) is 3.90. The fourth-order valence-electron chi connectivity index (χ4n) is 0.700. The Hall–Kier alpha value is -0.580. The molecule has 0 spiro atoms. The van der Waals surface area contributed by atoms with Gasteiger partial charge in [0, 0.05) is 32.4 Å². The summed E-state index contributed by atoms with van der Waals surface area (Å²) in [5, 5.41) is 6.44. The van der Waals surface area contributed by atoms with Crippen molar-refractivity contribution >= 4 is 0 Å². The number of hydrazine groups is 1. The molecule has 0 bridgehead atoms. The normalized spacial score (nSPS) is 17.3. The number of hydrogen-bond acceptors (Lipinski definition) is 4. The molecule has 11 heavy (non-hydrogen) atoms. The summed E-state index contributed by atoms with van der Waals surface area (Å²) >= 11 is 0. The van der Waals surface area contributed by atoms with Crippen LogP contribution in [-0.4, -0.2) is 26.2 Å². The smallest absolute Gasteiger partial charge is 0.00798 e. The maximum Gasteiger partial charge on any atom is 0.00798 e. The molecule has 1 rings (SSSR count). The number of hydrogen-bond donors (Lipinski definition) is 4. The fourth-order valence-corrected chi connectivity index (χ4v) is 0.700. The summed E-state index contributed by atoms with van der Waals surface area (Å²) < 4.78 is 0. The van der Waals surface area contributed by atoms with E-state index in [1.165, 1.54) is 0 Å². The standard InChI is InChI=1S/C4H10N2.C3H8N2/c1-2-6-4-3-5-1;1-2-3-5-4/h5-6H,1-4H2;2-3,5H,4H2,1H3. The lowest BCUT2D eigenvalue weighted by molar-refractivity contribution is 0.534. The first-order chi connectivity index (χ1) is 5.41. The Morgan fingerprint density at radius 2 is 1.64 bits per heavy atom. The molecular weight excluding hydrogens is 140 g/mol. The zero-order valence-electron chi connectivity index (χ0n) is 7.06. The largest absolute Gasteiger partial charge is 0.332 e. The van der Waals surface area contributed by atoms with Crippen LogP contribution in [0.4, 0.5) is 0 Å². The number of piperazine rings is 1. The highest BCUT2D eigenvalue weighted by molar-refractivity contribution is 4.69. The van der Waals surface area contributed by atoms with Crippen LogP contribution in [0.2, 0.25) is 0 Å². The van der Waals surface area contributed by atoms with Crippen LogP contribution in [0.15, 0.2) is 12.3 Å². The molecule has 66 valence electrons. The lowest BCUT2D eigenvalue weighted by Gasteiger charge is -2.11. The molecule has 0 radical (unpaired) electrons. The minimum absolute atomic E-state index is 1.14. The molecule has 1 fully saturated rings. The maximum absolute atomic E-state index is 4.80. The van der Waals surface area contributed by atoms with E-state index in [4.69, 9.17) is 5.84 Å². The van der Waals surface area contributed by atoms with E-state index < -0.39 is 0 Å². The molecule has 5 N–H and O–H groups in total. The zero-order valence-corrected chi connectivity index (χ0v) is 7.06. The van der Waals surface area contributed by atoms with Crippen molar-refractivity contribution in [1.82, 2.24) is 16.1 Å². The number of nitrogens with two attached hydrogens (primary N) is 1. The predicted molar refractivity (Wildman–Crippen MR) is 47.9 cm³/mol. The molecule has 0 saturated carbocycles. The average molecular weight is 158 g/mol. The molecule has 4 nitrogen and oxygen atoms in total.